The molecule has 8 heteroatoms. The van der Waals surface area contributed by atoms with E-state index in [1.807, 2.05) is 57.6 Å². The molecule has 0 aliphatic carbocycles. The van der Waals surface area contributed by atoms with Gasteiger partial charge in [-0.05, 0) is 44.0 Å². The molecule has 176 valence electrons. The van der Waals surface area contributed by atoms with E-state index in [1.165, 1.54) is 0 Å². The molecule has 0 amide bonds. The van der Waals surface area contributed by atoms with Crippen molar-refractivity contribution in [2.75, 3.05) is 38.1 Å². The molecule has 0 bridgehead atoms. The fraction of sp³-hybridized carbons (Fsp3) is 0.583. The lowest BCUT2D eigenvalue weighted by atomic mass is 10.2. The number of aliphatic imine (C=N–C) groups is 1. The Hall–Kier alpha value is -2.58. The van der Waals surface area contributed by atoms with Gasteiger partial charge in [-0.15, -0.1) is 0 Å². The summed E-state index contributed by atoms with van der Waals surface area (Å²) >= 11 is 0. The Morgan fingerprint density at radius 3 is 2.69 bits per heavy atom. The fourth-order valence-corrected chi connectivity index (χ4v) is 3.69. The number of hydrogen-bond donors (Lipinski definition) is 2. The van der Waals surface area contributed by atoms with E-state index < -0.39 is 0 Å². The zero-order valence-corrected chi connectivity index (χ0v) is 20.0. The number of aryl methyl sites for hydroxylation is 1. The Labute approximate surface area is 192 Å². The van der Waals surface area contributed by atoms with Crippen molar-refractivity contribution >= 4 is 11.6 Å². The third-order valence-corrected chi connectivity index (χ3v) is 5.01. The number of morpholine rings is 1. The predicted molar refractivity (Wildman–Crippen MR) is 129 cm³/mol. The van der Waals surface area contributed by atoms with Gasteiger partial charge in [-0.2, -0.15) is 5.10 Å². The summed E-state index contributed by atoms with van der Waals surface area (Å²) in [5, 5.41) is 11.1. The highest BCUT2D eigenvalue weighted by Gasteiger charge is 2.21. The molecule has 1 fully saturated rings. The average Bonchev–Trinajstić information content (AvgIpc) is 3.16. The van der Waals surface area contributed by atoms with Gasteiger partial charge in [-0.3, -0.25) is 9.58 Å². The van der Waals surface area contributed by atoms with Gasteiger partial charge in [0.15, 0.2) is 5.96 Å². The number of nitrogens with zero attached hydrogens (tertiary/aromatic N) is 4. The molecule has 0 saturated carbocycles. The minimum atomic E-state index is 0.134. The second-order valence-corrected chi connectivity index (χ2v) is 9.03. The summed E-state index contributed by atoms with van der Waals surface area (Å²) in [6, 6.07) is 7.94. The molecule has 1 aromatic carbocycles. The van der Waals surface area contributed by atoms with Crippen molar-refractivity contribution in [3.8, 4) is 5.75 Å². The summed E-state index contributed by atoms with van der Waals surface area (Å²) in [4.78, 5) is 7.25. The second-order valence-electron chi connectivity index (χ2n) is 9.03. The highest BCUT2D eigenvalue weighted by molar-refractivity contribution is 5.93. The van der Waals surface area contributed by atoms with Crippen LogP contribution in [0.4, 0.5) is 5.69 Å². The molecule has 32 heavy (non-hydrogen) atoms. The van der Waals surface area contributed by atoms with E-state index >= 15 is 0 Å². The Kier molecular flexibility index (Phi) is 8.93. The first-order chi connectivity index (χ1) is 15.4. The molecular formula is C24H38N6O2. The van der Waals surface area contributed by atoms with E-state index in [1.54, 1.807) is 4.68 Å². The first-order valence-corrected chi connectivity index (χ1v) is 11.5. The topological polar surface area (TPSA) is 75.9 Å². The van der Waals surface area contributed by atoms with Crippen LogP contribution < -0.4 is 15.4 Å². The first-order valence-electron chi connectivity index (χ1n) is 11.5. The summed E-state index contributed by atoms with van der Waals surface area (Å²) in [6.45, 7) is 13.6. The molecule has 1 aliphatic rings. The number of hydrogen-bond acceptors (Lipinski definition) is 5. The van der Waals surface area contributed by atoms with Crippen molar-refractivity contribution in [2.45, 2.75) is 46.4 Å². The Morgan fingerprint density at radius 2 is 2.03 bits per heavy atom. The maximum atomic E-state index is 5.99. The largest absolute Gasteiger partial charge is 0.491 e. The monoisotopic (exact) mass is 442 g/mol. The van der Waals surface area contributed by atoms with Gasteiger partial charge in [0.25, 0.3) is 0 Å². The normalized spacial score (nSPS) is 17.7. The number of rotatable bonds is 9. The van der Waals surface area contributed by atoms with Crippen molar-refractivity contribution in [3.05, 3.63) is 42.2 Å². The maximum absolute atomic E-state index is 5.99. The third kappa shape index (κ3) is 8.16. The van der Waals surface area contributed by atoms with E-state index in [4.69, 9.17) is 14.5 Å². The first kappa shape index (κ1) is 24.1. The molecule has 0 spiro atoms. The second kappa shape index (κ2) is 11.9. The van der Waals surface area contributed by atoms with Crippen LogP contribution in [-0.2, 0) is 18.3 Å². The highest BCUT2D eigenvalue weighted by atomic mass is 16.5. The summed E-state index contributed by atoms with van der Waals surface area (Å²) in [6.07, 6.45) is 4.10. The van der Waals surface area contributed by atoms with Gasteiger partial charge in [0.2, 0.25) is 0 Å². The predicted octanol–water partition coefficient (Wildman–Crippen LogP) is 3.12. The van der Waals surface area contributed by atoms with Crippen LogP contribution in [0.15, 0.2) is 41.7 Å². The quantitative estimate of drug-likeness (QED) is 0.459. The van der Waals surface area contributed by atoms with Crippen molar-refractivity contribution in [3.63, 3.8) is 0 Å². The van der Waals surface area contributed by atoms with E-state index in [9.17, 15) is 0 Å². The Morgan fingerprint density at radius 1 is 1.25 bits per heavy atom. The van der Waals surface area contributed by atoms with Crippen LogP contribution in [0.1, 0.15) is 33.3 Å². The van der Waals surface area contributed by atoms with Gasteiger partial charge in [0.05, 0.1) is 31.6 Å². The highest BCUT2D eigenvalue weighted by Crippen LogP contribution is 2.17. The van der Waals surface area contributed by atoms with Crippen molar-refractivity contribution in [2.24, 2.45) is 18.0 Å². The SMILES string of the molecule is CC(C)CN1CCOC(CNC(=NCc2cnn(C)c2)Nc2ccc(OC(C)C)cc2)C1. The number of ether oxygens (including phenoxy) is 2. The minimum Gasteiger partial charge on any atom is -0.491 e. The van der Waals surface area contributed by atoms with Crippen molar-refractivity contribution in [1.29, 1.82) is 0 Å². The zero-order chi connectivity index (χ0) is 22.9. The van der Waals surface area contributed by atoms with Crippen LogP contribution in [0.2, 0.25) is 0 Å². The van der Waals surface area contributed by atoms with Crippen LogP contribution >= 0.6 is 0 Å². The Balaban J connectivity index is 1.62. The van der Waals surface area contributed by atoms with Gasteiger partial charge in [0.1, 0.15) is 5.75 Å². The molecule has 1 unspecified atom stereocenters. The number of anilines is 1. The molecule has 1 atom stereocenters. The standard InChI is InChI=1S/C24H38N6O2/c1-18(2)15-30-10-11-31-23(17-30)14-26-24(25-12-20-13-27-29(5)16-20)28-21-6-8-22(9-7-21)32-19(3)4/h6-9,13,16,18-19,23H,10-12,14-15,17H2,1-5H3,(H2,25,26,28). The smallest absolute Gasteiger partial charge is 0.196 e. The molecule has 1 saturated heterocycles. The number of benzene rings is 1. The van der Waals surface area contributed by atoms with Crippen LogP contribution in [-0.4, -0.2) is 65.6 Å². The molecule has 2 N–H and O–H groups in total. The minimum absolute atomic E-state index is 0.134. The molecule has 2 aromatic rings. The van der Waals surface area contributed by atoms with Crippen LogP contribution in [0.5, 0.6) is 5.75 Å². The lowest BCUT2D eigenvalue weighted by Gasteiger charge is -2.34. The lowest BCUT2D eigenvalue weighted by Crippen LogP contribution is -2.49. The molecule has 2 heterocycles. The van der Waals surface area contributed by atoms with Gasteiger partial charge in [0, 0.05) is 50.7 Å². The molecule has 1 aliphatic heterocycles. The van der Waals surface area contributed by atoms with E-state index in [2.05, 4.69) is 34.5 Å². The van der Waals surface area contributed by atoms with Gasteiger partial charge in [-0.25, -0.2) is 4.99 Å². The summed E-state index contributed by atoms with van der Waals surface area (Å²) in [5.74, 6) is 2.23. The van der Waals surface area contributed by atoms with Gasteiger partial charge >= 0.3 is 0 Å². The zero-order valence-electron chi connectivity index (χ0n) is 20.0. The van der Waals surface area contributed by atoms with Crippen LogP contribution in [0.3, 0.4) is 0 Å². The molecule has 1 aromatic heterocycles. The lowest BCUT2D eigenvalue weighted by molar-refractivity contribution is -0.0283. The fourth-order valence-electron chi connectivity index (χ4n) is 3.69. The van der Waals surface area contributed by atoms with E-state index in [-0.39, 0.29) is 12.2 Å². The molecular weight excluding hydrogens is 404 g/mol. The summed E-state index contributed by atoms with van der Waals surface area (Å²) < 4.78 is 13.5. The number of guanidine groups is 1. The molecule has 8 nitrogen and oxygen atoms in total. The summed E-state index contributed by atoms with van der Waals surface area (Å²) in [7, 11) is 1.91. The van der Waals surface area contributed by atoms with Crippen molar-refractivity contribution in [1.82, 2.24) is 20.0 Å². The molecule has 3 rings (SSSR count). The average molecular weight is 443 g/mol. The molecule has 0 radical (unpaired) electrons. The van der Waals surface area contributed by atoms with E-state index in [0.29, 0.717) is 19.0 Å². The van der Waals surface area contributed by atoms with Crippen molar-refractivity contribution < 1.29 is 9.47 Å². The summed E-state index contributed by atoms with van der Waals surface area (Å²) in [5.41, 5.74) is 2.01. The van der Waals surface area contributed by atoms with Crippen LogP contribution in [0, 0.1) is 5.92 Å². The Bertz CT molecular complexity index is 846. The van der Waals surface area contributed by atoms with Gasteiger partial charge < -0.3 is 20.1 Å². The van der Waals surface area contributed by atoms with Crippen LogP contribution in [0.25, 0.3) is 0 Å². The van der Waals surface area contributed by atoms with E-state index in [0.717, 1.165) is 49.2 Å². The van der Waals surface area contributed by atoms with Gasteiger partial charge in [-0.1, -0.05) is 13.8 Å². The maximum Gasteiger partial charge on any atom is 0.196 e. The number of aromatic nitrogens is 2. The number of nitrogens with one attached hydrogen (secondary N) is 2. The third-order valence-electron chi connectivity index (χ3n) is 5.01.